The van der Waals surface area contributed by atoms with Crippen LogP contribution in [0.15, 0.2) is 36.4 Å². The van der Waals surface area contributed by atoms with Crippen LogP contribution in [0.25, 0.3) is 0 Å². The van der Waals surface area contributed by atoms with Crippen molar-refractivity contribution in [2.45, 2.75) is 25.7 Å². The molecule has 0 heterocycles. The van der Waals surface area contributed by atoms with E-state index in [1.165, 1.54) is 31.8 Å². The minimum atomic E-state index is -0.575. The molecule has 4 heteroatoms. The smallest absolute Gasteiger partial charge is 0.342 e. The fraction of sp³-hybridized carbons (Fsp3) is 0.300. The number of methoxy groups -OCH3 is 2. The van der Waals surface area contributed by atoms with Gasteiger partial charge in [-0.25, -0.2) is 4.79 Å². The van der Waals surface area contributed by atoms with Crippen LogP contribution in [0, 0.1) is 0 Å². The molecule has 124 valence electrons. The van der Waals surface area contributed by atoms with E-state index in [1.807, 2.05) is 18.2 Å². The van der Waals surface area contributed by atoms with Crippen LogP contribution < -0.4 is 4.74 Å². The van der Waals surface area contributed by atoms with Crippen LogP contribution in [-0.4, -0.2) is 26.0 Å². The maximum atomic E-state index is 13.0. The van der Waals surface area contributed by atoms with E-state index in [-0.39, 0.29) is 11.3 Å². The van der Waals surface area contributed by atoms with Gasteiger partial charge in [0.05, 0.1) is 14.2 Å². The van der Waals surface area contributed by atoms with Gasteiger partial charge in [0.15, 0.2) is 5.78 Å². The lowest BCUT2D eigenvalue weighted by Crippen LogP contribution is -2.14. The van der Waals surface area contributed by atoms with E-state index in [9.17, 15) is 9.59 Å². The third kappa shape index (κ3) is 2.92. The summed E-state index contributed by atoms with van der Waals surface area (Å²) in [6.07, 6.45) is 4.41. The quantitative estimate of drug-likeness (QED) is 0.637. The van der Waals surface area contributed by atoms with Crippen molar-refractivity contribution in [3.63, 3.8) is 0 Å². The fourth-order valence-electron chi connectivity index (χ4n) is 3.23. The van der Waals surface area contributed by atoms with E-state index < -0.39 is 5.97 Å². The molecule has 4 nitrogen and oxygen atoms in total. The summed E-state index contributed by atoms with van der Waals surface area (Å²) in [6.45, 7) is 0. The molecule has 2 aromatic rings. The van der Waals surface area contributed by atoms with Gasteiger partial charge in [-0.05, 0) is 55.0 Å². The summed E-state index contributed by atoms with van der Waals surface area (Å²) in [6, 6.07) is 10.8. The second-order valence-electron chi connectivity index (χ2n) is 5.89. The lowest BCUT2D eigenvalue weighted by molar-refractivity contribution is 0.0593. The van der Waals surface area contributed by atoms with E-state index in [1.54, 1.807) is 18.2 Å². The number of aryl methyl sites for hydroxylation is 2. The van der Waals surface area contributed by atoms with Crippen LogP contribution in [0.5, 0.6) is 5.75 Å². The number of ketones is 1. The van der Waals surface area contributed by atoms with Crippen LogP contribution in [0.3, 0.4) is 0 Å². The summed E-state index contributed by atoms with van der Waals surface area (Å²) in [7, 11) is 2.76. The average Bonchev–Trinajstić information content (AvgIpc) is 2.65. The SMILES string of the molecule is COC(=O)c1c(OC)cccc1C(=O)c1ccc2c(c1)CCCC2. The molecule has 0 aliphatic heterocycles. The Kier molecular flexibility index (Phi) is 4.65. The molecule has 0 radical (unpaired) electrons. The molecule has 0 spiro atoms. The molecular formula is C20H20O4. The third-order valence-corrected chi connectivity index (χ3v) is 4.49. The molecule has 0 aromatic heterocycles. The molecule has 3 rings (SSSR count). The first-order chi connectivity index (χ1) is 11.7. The first-order valence-corrected chi connectivity index (χ1v) is 8.07. The zero-order valence-corrected chi connectivity index (χ0v) is 13.9. The Labute approximate surface area is 141 Å². The minimum Gasteiger partial charge on any atom is -0.496 e. The molecule has 0 atom stereocenters. The number of fused-ring (bicyclic) bond motifs is 1. The Hall–Kier alpha value is -2.62. The lowest BCUT2D eigenvalue weighted by Gasteiger charge is -2.17. The highest BCUT2D eigenvalue weighted by Crippen LogP contribution is 2.27. The Morgan fingerprint density at radius 2 is 1.71 bits per heavy atom. The van der Waals surface area contributed by atoms with Crippen LogP contribution in [0.2, 0.25) is 0 Å². The van der Waals surface area contributed by atoms with Crippen molar-refractivity contribution in [1.82, 2.24) is 0 Å². The van der Waals surface area contributed by atoms with Gasteiger partial charge in [0.25, 0.3) is 0 Å². The first kappa shape index (κ1) is 16.2. The van der Waals surface area contributed by atoms with Crippen LogP contribution >= 0.6 is 0 Å². The largest absolute Gasteiger partial charge is 0.496 e. The Morgan fingerprint density at radius 1 is 0.958 bits per heavy atom. The molecule has 0 fully saturated rings. The molecule has 1 aliphatic rings. The minimum absolute atomic E-state index is 0.172. The zero-order valence-electron chi connectivity index (χ0n) is 13.9. The number of rotatable bonds is 4. The van der Waals surface area contributed by atoms with Crippen LogP contribution in [-0.2, 0) is 17.6 Å². The summed E-state index contributed by atoms with van der Waals surface area (Å²) in [5, 5.41) is 0. The van der Waals surface area contributed by atoms with Crippen molar-refractivity contribution < 1.29 is 19.1 Å². The van der Waals surface area contributed by atoms with Crippen molar-refractivity contribution in [3.05, 3.63) is 64.2 Å². The molecule has 24 heavy (non-hydrogen) atoms. The highest BCUT2D eigenvalue weighted by atomic mass is 16.5. The summed E-state index contributed by atoms with van der Waals surface area (Å²) in [4.78, 5) is 25.1. The monoisotopic (exact) mass is 324 g/mol. The number of hydrogen-bond donors (Lipinski definition) is 0. The van der Waals surface area contributed by atoms with Gasteiger partial charge in [0, 0.05) is 11.1 Å². The molecule has 0 amide bonds. The molecule has 1 aliphatic carbocycles. The van der Waals surface area contributed by atoms with Gasteiger partial charge in [-0.1, -0.05) is 18.2 Å². The van der Waals surface area contributed by atoms with Crippen molar-refractivity contribution in [1.29, 1.82) is 0 Å². The Bertz CT molecular complexity index is 792. The number of ether oxygens (including phenoxy) is 2. The highest BCUT2D eigenvalue weighted by Gasteiger charge is 2.24. The van der Waals surface area contributed by atoms with E-state index in [0.29, 0.717) is 16.9 Å². The van der Waals surface area contributed by atoms with E-state index in [4.69, 9.17) is 9.47 Å². The number of carbonyl (C=O) groups excluding carboxylic acids is 2. The first-order valence-electron chi connectivity index (χ1n) is 8.07. The number of benzene rings is 2. The van der Waals surface area contributed by atoms with E-state index >= 15 is 0 Å². The Morgan fingerprint density at radius 3 is 2.42 bits per heavy atom. The van der Waals surface area contributed by atoms with Gasteiger partial charge in [0.1, 0.15) is 11.3 Å². The Balaban J connectivity index is 2.06. The predicted molar refractivity (Wildman–Crippen MR) is 90.9 cm³/mol. The lowest BCUT2D eigenvalue weighted by atomic mass is 9.88. The van der Waals surface area contributed by atoms with Gasteiger partial charge < -0.3 is 9.47 Å². The van der Waals surface area contributed by atoms with Crippen LogP contribution in [0.1, 0.15) is 50.2 Å². The molecular weight excluding hydrogens is 304 g/mol. The summed E-state index contributed by atoms with van der Waals surface area (Å²) in [5.74, 6) is -0.429. The van der Waals surface area contributed by atoms with Gasteiger partial charge >= 0.3 is 5.97 Å². The molecule has 0 saturated carbocycles. The second-order valence-corrected chi connectivity index (χ2v) is 5.89. The van der Waals surface area contributed by atoms with Gasteiger partial charge in [-0.3, -0.25) is 4.79 Å². The normalized spacial score (nSPS) is 13.1. The van der Waals surface area contributed by atoms with Gasteiger partial charge in [0.2, 0.25) is 0 Å². The molecule has 0 saturated heterocycles. The standard InChI is InChI=1S/C20H20O4/c1-23-17-9-5-8-16(18(17)20(22)24-2)19(21)15-11-10-13-6-3-4-7-14(13)12-15/h5,8-12H,3-4,6-7H2,1-2H3. The van der Waals surface area contributed by atoms with E-state index in [2.05, 4.69) is 0 Å². The molecule has 0 unspecified atom stereocenters. The molecule has 2 aromatic carbocycles. The van der Waals surface area contributed by atoms with Gasteiger partial charge in [-0.2, -0.15) is 0 Å². The summed E-state index contributed by atoms with van der Waals surface area (Å²) < 4.78 is 10.1. The maximum Gasteiger partial charge on any atom is 0.342 e. The molecule has 0 N–H and O–H groups in total. The highest BCUT2D eigenvalue weighted by molar-refractivity contribution is 6.15. The van der Waals surface area contributed by atoms with E-state index in [0.717, 1.165) is 19.3 Å². The topological polar surface area (TPSA) is 52.6 Å². The second kappa shape index (κ2) is 6.87. The molecule has 0 bridgehead atoms. The number of hydrogen-bond acceptors (Lipinski definition) is 4. The predicted octanol–water partition coefficient (Wildman–Crippen LogP) is 3.59. The summed E-state index contributed by atoms with van der Waals surface area (Å²) >= 11 is 0. The average molecular weight is 324 g/mol. The van der Waals surface area contributed by atoms with Crippen molar-refractivity contribution in [2.75, 3.05) is 14.2 Å². The van der Waals surface area contributed by atoms with Crippen molar-refractivity contribution in [2.24, 2.45) is 0 Å². The summed E-state index contributed by atoms with van der Waals surface area (Å²) in [5.41, 5.74) is 3.61. The van der Waals surface area contributed by atoms with Gasteiger partial charge in [-0.15, -0.1) is 0 Å². The maximum absolute atomic E-state index is 13.0. The fourth-order valence-corrected chi connectivity index (χ4v) is 3.23. The van der Waals surface area contributed by atoms with Crippen molar-refractivity contribution in [3.8, 4) is 5.75 Å². The van der Waals surface area contributed by atoms with Crippen LogP contribution in [0.4, 0.5) is 0 Å². The number of esters is 1. The zero-order chi connectivity index (χ0) is 17.1. The third-order valence-electron chi connectivity index (χ3n) is 4.49. The van der Waals surface area contributed by atoms with Crippen molar-refractivity contribution >= 4 is 11.8 Å². The number of carbonyl (C=O) groups is 2.